The summed E-state index contributed by atoms with van der Waals surface area (Å²) in [5.74, 6) is 0.310. The van der Waals surface area contributed by atoms with Crippen LogP contribution in [-0.2, 0) is 9.53 Å². The molecule has 0 saturated carbocycles. The normalized spacial score (nSPS) is 25.9. The summed E-state index contributed by atoms with van der Waals surface area (Å²) < 4.78 is 5.73. The predicted molar refractivity (Wildman–Crippen MR) is 100 cm³/mol. The average molecular weight is 378 g/mol. The van der Waals surface area contributed by atoms with E-state index in [1.165, 1.54) is 4.88 Å². The molecule has 26 heavy (non-hydrogen) atoms. The van der Waals surface area contributed by atoms with Crippen LogP contribution >= 0.6 is 11.3 Å². The van der Waals surface area contributed by atoms with Gasteiger partial charge in [-0.05, 0) is 37.8 Å². The second-order valence-corrected chi connectivity index (χ2v) is 8.48. The summed E-state index contributed by atoms with van der Waals surface area (Å²) in [6.45, 7) is 4.92. The van der Waals surface area contributed by atoms with Crippen molar-refractivity contribution in [3.05, 3.63) is 21.9 Å². The number of rotatable bonds is 3. The van der Waals surface area contributed by atoms with E-state index in [0.29, 0.717) is 12.5 Å². The maximum Gasteiger partial charge on any atom is 0.263 e. The van der Waals surface area contributed by atoms with Crippen molar-refractivity contribution in [3.63, 3.8) is 0 Å². The first-order chi connectivity index (χ1) is 12.7. The van der Waals surface area contributed by atoms with Crippen molar-refractivity contribution >= 4 is 23.2 Å². The molecule has 0 unspecified atom stereocenters. The molecule has 4 heterocycles. The Hall–Kier alpha value is -1.44. The summed E-state index contributed by atoms with van der Waals surface area (Å²) >= 11 is 1.59. The van der Waals surface area contributed by atoms with Gasteiger partial charge in [-0.25, -0.2) is 0 Å². The molecule has 3 saturated heterocycles. The molecule has 0 radical (unpaired) electrons. The number of piperidine rings is 1. The molecule has 7 heteroatoms. The van der Waals surface area contributed by atoms with Crippen LogP contribution in [0.2, 0.25) is 0 Å². The van der Waals surface area contributed by atoms with Crippen LogP contribution in [0.15, 0.2) is 12.1 Å². The smallest absolute Gasteiger partial charge is 0.263 e. The topological polar surface area (TPSA) is 61.9 Å². The predicted octanol–water partition coefficient (Wildman–Crippen LogP) is 2.03. The lowest BCUT2D eigenvalue weighted by Gasteiger charge is -2.37. The van der Waals surface area contributed by atoms with Crippen molar-refractivity contribution in [1.82, 2.24) is 15.1 Å². The lowest BCUT2D eigenvalue weighted by atomic mass is 10.0. The van der Waals surface area contributed by atoms with Gasteiger partial charge in [-0.15, -0.1) is 11.3 Å². The van der Waals surface area contributed by atoms with E-state index < -0.39 is 0 Å². The Balaban J connectivity index is 1.31. The first kappa shape index (κ1) is 17.9. The van der Waals surface area contributed by atoms with E-state index in [2.05, 4.69) is 16.3 Å². The summed E-state index contributed by atoms with van der Waals surface area (Å²) in [5, 5.41) is 2.93. The number of ether oxygens (including phenoxy) is 1. The molecule has 1 aromatic heterocycles. The van der Waals surface area contributed by atoms with Crippen molar-refractivity contribution in [2.45, 2.75) is 44.2 Å². The molecular weight excluding hydrogens is 350 g/mol. The standard InChI is InChI=1S/C19H27N3O3S/c23-18-7-11-21(12-8-20-18)14-5-9-22(10-6-14)19(24)17-4-3-16(26-17)15-2-1-13-25-15/h3-4,14-15H,1-2,5-13H2,(H,20,23)/t15-/m1/s1. The molecule has 6 nitrogen and oxygen atoms in total. The number of nitrogens with one attached hydrogen (secondary N) is 1. The third-order valence-corrected chi connectivity index (χ3v) is 6.87. The highest BCUT2D eigenvalue weighted by Crippen LogP contribution is 2.34. The number of carbonyl (C=O) groups is 2. The van der Waals surface area contributed by atoms with Crippen LogP contribution in [0.3, 0.4) is 0 Å². The Labute approximate surface area is 158 Å². The van der Waals surface area contributed by atoms with Crippen molar-refractivity contribution in [1.29, 1.82) is 0 Å². The molecule has 1 aromatic rings. The van der Waals surface area contributed by atoms with Crippen LogP contribution in [0.25, 0.3) is 0 Å². The highest BCUT2D eigenvalue weighted by atomic mass is 32.1. The zero-order valence-electron chi connectivity index (χ0n) is 15.1. The summed E-state index contributed by atoms with van der Waals surface area (Å²) in [6, 6.07) is 4.50. The number of amides is 2. The number of thiophene rings is 1. The van der Waals surface area contributed by atoms with Gasteiger partial charge < -0.3 is 15.0 Å². The minimum Gasteiger partial charge on any atom is -0.373 e. The lowest BCUT2D eigenvalue weighted by Crippen LogP contribution is -2.47. The monoisotopic (exact) mass is 377 g/mol. The fourth-order valence-corrected chi connectivity index (χ4v) is 5.24. The van der Waals surface area contributed by atoms with Gasteiger partial charge in [0.25, 0.3) is 5.91 Å². The van der Waals surface area contributed by atoms with Gasteiger partial charge >= 0.3 is 0 Å². The molecule has 142 valence electrons. The quantitative estimate of drug-likeness (QED) is 0.876. The molecule has 1 N–H and O–H groups in total. The summed E-state index contributed by atoms with van der Waals surface area (Å²) in [5.41, 5.74) is 0. The van der Waals surface area contributed by atoms with Gasteiger partial charge in [-0.2, -0.15) is 0 Å². The molecule has 1 atom stereocenters. The van der Waals surface area contributed by atoms with Crippen LogP contribution in [0.5, 0.6) is 0 Å². The SMILES string of the molecule is O=C1CCN(C2CCN(C(=O)c3ccc([C@H]4CCCO4)s3)CC2)CCN1. The molecule has 4 rings (SSSR count). The number of hydrogen-bond donors (Lipinski definition) is 1. The highest BCUT2D eigenvalue weighted by molar-refractivity contribution is 7.14. The minimum atomic E-state index is 0.153. The van der Waals surface area contributed by atoms with Gasteiger partial charge in [0.05, 0.1) is 11.0 Å². The zero-order chi connectivity index (χ0) is 17.9. The van der Waals surface area contributed by atoms with Gasteiger partial charge in [0, 0.05) is 56.7 Å². The Morgan fingerprint density at radius 3 is 2.77 bits per heavy atom. The maximum atomic E-state index is 12.8. The van der Waals surface area contributed by atoms with E-state index in [-0.39, 0.29) is 17.9 Å². The Morgan fingerprint density at radius 2 is 2.00 bits per heavy atom. The van der Waals surface area contributed by atoms with E-state index in [1.54, 1.807) is 11.3 Å². The molecular formula is C19H27N3O3S. The van der Waals surface area contributed by atoms with Gasteiger partial charge in [-0.3, -0.25) is 14.5 Å². The van der Waals surface area contributed by atoms with Crippen molar-refractivity contribution in [3.8, 4) is 0 Å². The van der Waals surface area contributed by atoms with Gasteiger partial charge in [0.15, 0.2) is 0 Å². The van der Waals surface area contributed by atoms with E-state index >= 15 is 0 Å². The third kappa shape index (κ3) is 3.94. The second kappa shape index (κ2) is 8.06. The van der Waals surface area contributed by atoms with Crippen LogP contribution in [-0.4, -0.2) is 67.0 Å². The van der Waals surface area contributed by atoms with E-state index in [4.69, 9.17) is 4.74 Å². The molecule has 2 amide bonds. The maximum absolute atomic E-state index is 12.8. The Kier molecular flexibility index (Phi) is 5.57. The fourth-order valence-electron chi connectivity index (χ4n) is 4.18. The van der Waals surface area contributed by atoms with Gasteiger partial charge in [0.1, 0.15) is 0 Å². The number of carbonyl (C=O) groups excluding carboxylic acids is 2. The van der Waals surface area contributed by atoms with E-state index in [9.17, 15) is 9.59 Å². The first-order valence-corrected chi connectivity index (χ1v) is 10.5. The van der Waals surface area contributed by atoms with Crippen molar-refractivity contribution in [2.75, 3.05) is 39.3 Å². The van der Waals surface area contributed by atoms with E-state index in [0.717, 1.165) is 69.9 Å². The number of nitrogens with zero attached hydrogens (tertiary/aromatic N) is 2. The summed E-state index contributed by atoms with van der Waals surface area (Å²) in [7, 11) is 0. The minimum absolute atomic E-state index is 0.153. The zero-order valence-corrected chi connectivity index (χ0v) is 15.9. The van der Waals surface area contributed by atoms with Gasteiger partial charge in [-0.1, -0.05) is 0 Å². The lowest BCUT2D eigenvalue weighted by molar-refractivity contribution is -0.120. The molecule has 0 aliphatic carbocycles. The van der Waals surface area contributed by atoms with E-state index in [1.807, 2.05) is 11.0 Å². The van der Waals surface area contributed by atoms with Crippen LogP contribution in [0.4, 0.5) is 0 Å². The molecule has 0 bridgehead atoms. The van der Waals surface area contributed by atoms with Crippen molar-refractivity contribution in [2.24, 2.45) is 0 Å². The molecule has 0 spiro atoms. The molecule has 3 fully saturated rings. The summed E-state index contributed by atoms with van der Waals surface area (Å²) in [6.07, 6.45) is 4.92. The van der Waals surface area contributed by atoms with Crippen LogP contribution in [0, 0.1) is 0 Å². The van der Waals surface area contributed by atoms with Crippen LogP contribution < -0.4 is 5.32 Å². The Bertz CT molecular complexity index is 648. The number of likely N-dealkylation sites (tertiary alicyclic amines) is 1. The summed E-state index contributed by atoms with van der Waals surface area (Å²) in [4.78, 5) is 30.8. The van der Waals surface area contributed by atoms with Crippen LogP contribution in [0.1, 0.15) is 52.8 Å². The third-order valence-electron chi connectivity index (χ3n) is 5.70. The van der Waals surface area contributed by atoms with Gasteiger partial charge in [0.2, 0.25) is 5.91 Å². The second-order valence-electron chi connectivity index (χ2n) is 7.36. The molecule has 3 aliphatic heterocycles. The fraction of sp³-hybridized carbons (Fsp3) is 0.684. The molecule has 3 aliphatic rings. The van der Waals surface area contributed by atoms with Crippen molar-refractivity contribution < 1.29 is 14.3 Å². The number of hydrogen-bond acceptors (Lipinski definition) is 5. The highest BCUT2D eigenvalue weighted by Gasteiger charge is 2.29. The Morgan fingerprint density at radius 1 is 1.15 bits per heavy atom. The average Bonchev–Trinajstić information content (AvgIpc) is 3.31. The molecule has 0 aromatic carbocycles. The largest absolute Gasteiger partial charge is 0.373 e. The first-order valence-electron chi connectivity index (χ1n) is 9.72.